The Balaban J connectivity index is 1.72. The molecular weight excluding hydrogens is 400 g/mol. The van der Waals surface area contributed by atoms with Gasteiger partial charge in [-0.2, -0.15) is 0 Å². The van der Waals surface area contributed by atoms with Crippen LogP contribution in [0.1, 0.15) is 34.3 Å². The van der Waals surface area contributed by atoms with Crippen LogP contribution in [0, 0.1) is 0 Å². The van der Waals surface area contributed by atoms with Crippen molar-refractivity contribution in [2.45, 2.75) is 18.6 Å². The molecule has 0 spiro atoms. The van der Waals surface area contributed by atoms with Gasteiger partial charge in [-0.1, -0.05) is 121 Å². The lowest BCUT2D eigenvalue weighted by molar-refractivity contribution is 0.232. The highest BCUT2D eigenvalue weighted by Crippen LogP contribution is 2.52. The second kappa shape index (κ2) is 9.48. The summed E-state index contributed by atoms with van der Waals surface area (Å²) in [5.74, 6) is 0. The molecule has 0 fully saturated rings. The van der Waals surface area contributed by atoms with Gasteiger partial charge in [-0.25, -0.2) is 0 Å². The summed E-state index contributed by atoms with van der Waals surface area (Å²) < 4.78 is 0. The fourth-order valence-electron chi connectivity index (χ4n) is 5.18. The van der Waals surface area contributed by atoms with Crippen LogP contribution in [0.5, 0.6) is 0 Å². The Bertz CT molecular complexity index is 1200. The van der Waals surface area contributed by atoms with Gasteiger partial charge in [0.1, 0.15) is 0 Å². The largest absolute Gasteiger partial charge is 0.372 e. The van der Waals surface area contributed by atoms with Gasteiger partial charge in [0.25, 0.3) is 0 Å². The second-order valence-electron chi connectivity index (χ2n) is 8.80. The Hall–Kier alpha value is -3.62. The van der Waals surface area contributed by atoms with E-state index in [9.17, 15) is 0 Å². The SMILES string of the molecule is CN(Cc1ccccc1)C1=C(c2ccccc2)C(c2ccccc2)N(C)C1c1ccccc1. The number of likely N-dealkylation sites (N-methyl/N-ethyl adjacent to an activating group) is 2. The summed E-state index contributed by atoms with van der Waals surface area (Å²) >= 11 is 0. The molecule has 0 saturated carbocycles. The Morgan fingerprint density at radius 1 is 0.606 bits per heavy atom. The van der Waals surface area contributed by atoms with Crippen molar-refractivity contribution < 1.29 is 0 Å². The zero-order chi connectivity index (χ0) is 22.6. The third kappa shape index (κ3) is 4.22. The maximum atomic E-state index is 2.53. The molecule has 4 aromatic carbocycles. The van der Waals surface area contributed by atoms with Crippen LogP contribution in [0.25, 0.3) is 5.57 Å². The van der Waals surface area contributed by atoms with Gasteiger partial charge in [0.15, 0.2) is 0 Å². The Kier molecular flexibility index (Phi) is 6.10. The van der Waals surface area contributed by atoms with Crippen LogP contribution in [0.4, 0.5) is 0 Å². The first-order chi connectivity index (χ1) is 16.2. The maximum absolute atomic E-state index is 2.53. The molecule has 4 aromatic rings. The molecule has 1 heterocycles. The van der Waals surface area contributed by atoms with Crippen LogP contribution < -0.4 is 0 Å². The first kappa shape index (κ1) is 21.2. The molecule has 1 aliphatic heterocycles. The Morgan fingerprint density at radius 3 is 1.61 bits per heavy atom. The minimum absolute atomic E-state index is 0.167. The average molecular weight is 431 g/mol. The molecule has 164 valence electrons. The van der Waals surface area contributed by atoms with E-state index >= 15 is 0 Å². The van der Waals surface area contributed by atoms with Crippen LogP contribution >= 0.6 is 0 Å². The van der Waals surface area contributed by atoms with E-state index in [0.29, 0.717) is 0 Å². The van der Waals surface area contributed by atoms with Crippen LogP contribution in [-0.2, 0) is 6.54 Å². The van der Waals surface area contributed by atoms with E-state index in [0.717, 1.165) is 6.54 Å². The van der Waals surface area contributed by atoms with E-state index in [1.54, 1.807) is 0 Å². The van der Waals surface area contributed by atoms with Crippen molar-refractivity contribution in [1.82, 2.24) is 9.80 Å². The zero-order valence-corrected chi connectivity index (χ0v) is 19.3. The summed E-state index contributed by atoms with van der Waals surface area (Å²) in [6, 6.07) is 43.8. The first-order valence-electron chi connectivity index (χ1n) is 11.6. The molecule has 0 aliphatic carbocycles. The molecule has 5 rings (SSSR count). The average Bonchev–Trinajstić information content (AvgIpc) is 3.19. The van der Waals surface area contributed by atoms with Gasteiger partial charge in [0.2, 0.25) is 0 Å². The summed E-state index contributed by atoms with van der Waals surface area (Å²) in [4.78, 5) is 4.98. The van der Waals surface area contributed by atoms with Crippen LogP contribution in [-0.4, -0.2) is 23.9 Å². The monoisotopic (exact) mass is 430 g/mol. The normalized spacial score (nSPS) is 18.5. The fourth-order valence-corrected chi connectivity index (χ4v) is 5.18. The topological polar surface area (TPSA) is 6.48 Å². The summed E-state index contributed by atoms with van der Waals surface area (Å²) in [5.41, 5.74) is 8.00. The Morgan fingerprint density at radius 2 is 1.06 bits per heavy atom. The van der Waals surface area contributed by atoms with E-state index in [-0.39, 0.29) is 12.1 Å². The van der Waals surface area contributed by atoms with Crippen LogP contribution in [0.2, 0.25) is 0 Å². The van der Waals surface area contributed by atoms with Crippen molar-refractivity contribution in [3.8, 4) is 0 Å². The van der Waals surface area contributed by atoms with Gasteiger partial charge in [-0.05, 0) is 29.3 Å². The molecule has 2 unspecified atom stereocenters. The highest BCUT2D eigenvalue weighted by molar-refractivity contribution is 5.77. The van der Waals surface area contributed by atoms with Crippen molar-refractivity contribution in [2.75, 3.05) is 14.1 Å². The molecule has 2 heteroatoms. The van der Waals surface area contributed by atoms with E-state index in [4.69, 9.17) is 0 Å². The minimum Gasteiger partial charge on any atom is -0.372 e. The zero-order valence-electron chi connectivity index (χ0n) is 19.3. The molecule has 2 atom stereocenters. The van der Waals surface area contributed by atoms with E-state index in [1.165, 1.54) is 33.5 Å². The quantitative estimate of drug-likeness (QED) is 0.326. The second-order valence-corrected chi connectivity index (χ2v) is 8.80. The highest BCUT2D eigenvalue weighted by atomic mass is 15.3. The van der Waals surface area contributed by atoms with Crippen molar-refractivity contribution >= 4 is 5.57 Å². The number of nitrogens with zero attached hydrogens (tertiary/aromatic N) is 2. The van der Waals surface area contributed by atoms with Gasteiger partial charge in [0.05, 0.1) is 12.1 Å². The molecule has 0 bridgehead atoms. The molecule has 2 nitrogen and oxygen atoms in total. The molecule has 0 N–H and O–H groups in total. The molecule has 0 amide bonds. The van der Waals surface area contributed by atoms with Gasteiger partial charge in [-0.3, -0.25) is 4.90 Å². The van der Waals surface area contributed by atoms with E-state index < -0.39 is 0 Å². The van der Waals surface area contributed by atoms with E-state index in [2.05, 4.69) is 145 Å². The lowest BCUT2D eigenvalue weighted by atomic mass is 9.92. The molecule has 33 heavy (non-hydrogen) atoms. The summed E-state index contributed by atoms with van der Waals surface area (Å²) in [6.45, 7) is 0.866. The predicted molar refractivity (Wildman–Crippen MR) is 137 cm³/mol. The number of hydrogen-bond acceptors (Lipinski definition) is 2. The lowest BCUT2D eigenvalue weighted by Gasteiger charge is -2.31. The van der Waals surface area contributed by atoms with Crippen molar-refractivity contribution in [2.24, 2.45) is 0 Å². The van der Waals surface area contributed by atoms with Crippen LogP contribution in [0.3, 0.4) is 0 Å². The standard InChI is InChI=1S/C31H30N2/c1-32(23-24-15-7-3-8-16-24)31-28(25-17-9-4-10-18-25)29(26-19-11-5-12-20-26)33(2)30(31)27-21-13-6-14-22-27/h3-22,29-30H,23H2,1-2H3. The molecule has 1 aliphatic rings. The fraction of sp³-hybridized carbons (Fsp3) is 0.161. The van der Waals surface area contributed by atoms with Crippen molar-refractivity contribution in [3.05, 3.63) is 149 Å². The molecule has 0 radical (unpaired) electrons. The predicted octanol–water partition coefficient (Wildman–Crippen LogP) is 6.96. The third-order valence-corrected chi connectivity index (χ3v) is 6.61. The van der Waals surface area contributed by atoms with Gasteiger partial charge < -0.3 is 4.90 Å². The number of hydrogen-bond donors (Lipinski definition) is 0. The number of rotatable bonds is 6. The molecule has 0 aromatic heterocycles. The smallest absolute Gasteiger partial charge is 0.0761 e. The minimum atomic E-state index is 0.167. The molecule has 0 saturated heterocycles. The summed E-state index contributed by atoms with van der Waals surface area (Å²) in [6.07, 6.45) is 0. The Labute approximate surface area is 197 Å². The van der Waals surface area contributed by atoms with Crippen LogP contribution in [0.15, 0.2) is 127 Å². The first-order valence-corrected chi connectivity index (χ1v) is 11.6. The van der Waals surface area contributed by atoms with Gasteiger partial charge in [0, 0.05) is 24.9 Å². The third-order valence-electron chi connectivity index (χ3n) is 6.61. The lowest BCUT2D eigenvalue weighted by Crippen LogP contribution is -2.28. The van der Waals surface area contributed by atoms with E-state index in [1.807, 2.05) is 0 Å². The molecular formula is C31H30N2. The summed E-state index contributed by atoms with van der Waals surface area (Å²) in [7, 11) is 4.50. The van der Waals surface area contributed by atoms with Crippen molar-refractivity contribution in [3.63, 3.8) is 0 Å². The van der Waals surface area contributed by atoms with Crippen molar-refractivity contribution in [1.29, 1.82) is 0 Å². The van der Waals surface area contributed by atoms with Gasteiger partial charge >= 0.3 is 0 Å². The highest BCUT2D eigenvalue weighted by Gasteiger charge is 2.42. The summed E-state index contributed by atoms with van der Waals surface area (Å²) in [5, 5.41) is 0. The van der Waals surface area contributed by atoms with Gasteiger partial charge in [-0.15, -0.1) is 0 Å². The number of benzene rings is 4. The maximum Gasteiger partial charge on any atom is 0.0761 e.